The Hall–Kier alpha value is -1.36. The molecule has 20 heavy (non-hydrogen) atoms. The lowest BCUT2D eigenvalue weighted by Crippen LogP contribution is -2.46. The second-order valence-corrected chi connectivity index (χ2v) is 6.40. The quantitative estimate of drug-likeness (QED) is 0.849. The highest BCUT2D eigenvalue weighted by molar-refractivity contribution is 5.77. The molecule has 1 aromatic rings. The second kappa shape index (κ2) is 5.20. The Bertz CT molecular complexity index is 489. The molecule has 2 saturated heterocycles. The van der Waals surface area contributed by atoms with Crippen molar-refractivity contribution in [1.29, 1.82) is 0 Å². The molecule has 1 spiro atoms. The number of nitrogens with zero attached hydrogens (tertiary/aromatic N) is 3. The zero-order chi connectivity index (χ0) is 14.2. The highest BCUT2D eigenvalue weighted by atomic mass is 16.5. The van der Waals surface area contributed by atoms with Crippen molar-refractivity contribution in [3.63, 3.8) is 0 Å². The summed E-state index contributed by atoms with van der Waals surface area (Å²) in [4.78, 5) is 18.6. The molecule has 2 aliphatic heterocycles. The highest BCUT2D eigenvalue weighted by Gasteiger charge is 2.41. The van der Waals surface area contributed by atoms with Gasteiger partial charge in [0.2, 0.25) is 5.91 Å². The first-order chi connectivity index (χ1) is 9.60. The summed E-state index contributed by atoms with van der Waals surface area (Å²) in [6.45, 7) is 7.34. The van der Waals surface area contributed by atoms with E-state index >= 15 is 0 Å². The lowest BCUT2D eigenvalue weighted by atomic mass is 9.79. The highest BCUT2D eigenvalue weighted by Crippen LogP contribution is 2.38. The lowest BCUT2D eigenvalue weighted by molar-refractivity contribution is -0.138. The SMILES string of the molecule is CC(C)n1ccnc1CN1C[C@@]2(CCOC2)CCC1=O. The Balaban J connectivity index is 1.75. The third-order valence-electron chi connectivity index (χ3n) is 4.57. The lowest BCUT2D eigenvalue weighted by Gasteiger charge is -2.39. The molecule has 3 heterocycles. The summed E-state index contributed by atoms with van der Waals surface area (Å²) in [6, 6.07) is 0.371. The number of aromatic nitrogens is 2. The van der Waals surface area contributed by atoms with Gasteiger partial charge in [-0.25, -0.2) is 4.98 Å². The van der Waals surface area contributed by atoms with Crippen LogP contribution in [0.1, 0.15) is 45.0 Å². The van der Waals surface area contributed by atoms with E-state index in [-0.39, 0.29) is 11.3 Å². The second-order valence-electron chi connectivity index (χ2n) is 6.40. The zero-order valence-corrected chi connectivity index (χ0v) is 12.3. The maximum Gasteiger partial charge on any atom is 0.223 e. The molecule has 0 radical (unpaired) electrons. The summed E-state index contributed by atoms with van der Waals surface area (Å²) in [5.74, 6) is 1.23. The summed E-state index contributed by atoms with van der Waals surface area (Å²) in [5.41, 5.74) is 0.198. The van der Waals surface area contributed by atoms with E-state index < -0.39 is 0 Å². The third-order valence-corrected chi connectivity index (χ3v) is 4.57. The average Bonchev–Trinajstić information content (AvgIpc) is 3.04. The molecule has 0 saturated carbocycles. The van der Waals surface area contributed by atoms with Crippen LogP contribution in [0.5, 0.6) is 0 Å². The Kier molecular flexibility index (Phi) is 3.54. The summed E-state index contributed by atoms with van der Waals surface area (Å²) < 4.78 is 7.70. The monoisotopic (exact) mass is 277 g/mol. The molecule has 0 bridgehead atoms. The number of imidazole rings is 1. The van der Waals surface area contributed by atoms with E-state index in [9.17, 15) is 4.79 Å². The molecule has 0 unspecified atom stereocenters. The van der Waals surface area contributed by atoms with Crippen molar-refractivity contribution in [3.05, 3.63) is 18.2 Å². The largest absolute Gasteiger partial charge is 0.381 e. The molecule has 5 heteroatoms. The standard InChI is InChI=1S/C15H23N3O2/c1-12(2)18-7-6-16-13(18)9-17-10-15(4-3-14(17)19)5-8-20-11-15/h6-7,12H,3-5,8-11H2,1-2H3/t15-/m0/s1. The Morgan fingerprint density at radius 1 is 1.45 bits per heavy atom. The van der Waals surface area contributed by atoms with Gasteiger partial charge in [-0.1, -0.05) is 0 Å². The normalized spacial score (nSPS) is 26.9. The van der Waals surface area contributed by atoms with E-state index in [2.05, 4.69) is 23.4 Å². The van der Waals surface area contributed by atoms with E-state index in [1.54, 1.807) is 0 Å². The zero-order valence-electron chi connectivity index (χ0n) is 12.3. The van der Waals surface area contributed by atoms with Crippen molar-refractivity contribution in [2.45, 2.75) is 45.7 Å². The van der Waals surface area contributed by atoms with E-state index in [0.717, 1.165) is 38.4 Å². The minimum atomic E-state index is 0.198. The minimum Gasteiger partial charge on any atom is -0.381 e. The number of carbonyl (C=O) groups excluding carboxylic acids is 1. The van der Waals surface area contributed by atoms with Crippen molar-refractivity contribution in [3.8, 4) is 0 Å². The topological polar surface area (TPSA) is 47.4 Å². The Labute approximate surface area is 119 Å². The van der Waals surface area contributed by atoms with Crippen LogP contribution in [0, 0.1) is 5.41 Å². The van der Waals surface area contributed by atoms with E-state index in [4.69, 9.17) is 4.74 Å². The fourth-order valence-electron chi connectivity index (χ4n) is 3.33. The van der Waals surface area contributed by atoms with Crippen molar-refractivity contribution >= 4 is 5.91 Å². The number of rotatable bonds is 3. The number of ether oxygens (including phenoxy) is 1. The van der Waals surface area contributed by atoms with E-state index in [1.165, 1.54) is 0 Å². The summed E-state index contributed by atoms with van der Waals surface area (Å²) in [7, 11) is 0. The van der Waals surface area contributed by atoms with Gasteiger partial charge in [0, 0.05) is 43.4 Å². The van der Waals surface area contributed by atoms with Gasteiger partial charge in [0.1, 0.15) is 5.82 Å². The Morgan fingerprint density at radius 3 is 3.00 bits per heavy atom. The van der Waals surface area contributed by atoms with Crippen LogP contribution in [0.25, 0.3) is 0 Å². The molecule has 1 amide bonds. The molecule has 0 N–H and O–H groups in total. The number of piperidine rings is 1. The van der Waals surface area contributed by atoms with Gasteiger partial charge >= 0.3 is 0 Å². The third kappa shape index (κ3) is 2.46. The van der Waals surface area contributed by atoms with Crippen molar-refractivity contribution < 1.29 is 9.53 Å². The van der Waals surface area contributed by atoms with Crippen molar-refractivity contribution in [2.24, 2.45) is 5.41 Å². The van der Waals surface area contributed by atoms with E-state index in [0.29, 0.717) is 19.0 Å². The first-order valence-electron chi connectivity index (χ1n) is 7.47. The van der Waals surface area contributed by atoms with Crippen LogP contribution < -0.4 is 0 Å². The van der Waals surface area contributed by atoms with Gasteiger partial charge in [0.05, 0.1) is 13.2 Å². The summed E-state index contributed by atoms with van der Waals surface area (Å²) in [6.07, 6.45) is 6.50. The smallest absolute Gasteiger partial charge is 0.223 e. The van der Waals surface area contributed by atoms with Gasteiger partial charge in [-0.3, -0.25) is 4.79 Å². The van der Waals surface area contributed by atoms with Crippen LogP contribution in [-0.4, -0.2) is 40.1 Å². The molecule has 1 atom stereocenters. The van der Waals surface area contributed by atoms with Gasteiger partial charge in [-0.05, 0) is 26.7 Å². The predicted molar refractivity (Wildman–Crippen MR) is 75.1 cm³/mol. The molecular weight excluding hydrogens is 254 g/mol. The molecule has 5 nitrogen and oxygen atoms in total. The Morgan fingerprint density at radius 2 is 2.30 bits per heavy atom. The number of hydrogen-bond donors (Lipinski definition) is 0. The van der Waals surface area contributed by atoms with Crippen LogP contribution >= 0.6 is 0 Å². The number of amides is 1. The van der Waals surface area contributed by atoms with Crippen LogP contribution in [0.4, 0.5) is 0 Å². The van der Waals surface area contributed by atoms with Crippen molar-refractivity contribution in [2.75, 3.05) is 19.8 Å². The van der Waals surface area contributed by atoms with Gasteiger partial charge in [-0.2, -0.15) is 0 Å². The fourth-order valence-corrected chi connectivity index (χ4v) is 3.33. The fraction of sp³-hybridized carbons (Fsp3) is 0.733. The molecule has 0 aromatic carbocycles. The van der Waals surface area contributed by atoms with Gasteiger partial charge in [0.15, 0.2) is 0 Å². The first kappa shape index (κ1) is 13.6. The average molecular weight is 277 g/mol. The van der Waals surface area contributed by atoms with Gasteiger partial charge in [-0.15, -0.1) is 0 Å². The van der Waals surface area contributed by atoms with Crippen LogP contribution in [0.15, 0.2) is 12.4 Å². The molecule has 2 fully saturated rings. The molecule has 110 valence electrons. The van der Waals surface area contributed by atoms with Crippen LogP contribution in [0.2, 0.25) is 0 Å². The minimum absolute atomic E-state index is 0.198. The first-order valence-corrected chi connectivity index (χ1v) is 7.47. The molecule has 0 aliphatic carbocycles. The van der Waals surface area contributed by atoms with Crippen LogP contribution in [0.3, 0.4) is 0 Å². The van der Waals surface area contributed by atoms with Crippen molar-refractivity contribution in [1.82, 2.24) is 14.5 Å². The predicted octanol–water partition coefficient (Wildman–Crippen LogP) is 1.99. The van der Waals surface area contributed by atoms with E-state index in [1.807, 2.05) is 17.3 Å². The molecule has 2 aliphatic rings. The number of likely N-dealkylation sites (tertiary alicyclic amines) is 1. The number of carbonyl (C=O) groups is 1. The maximum atomic E-state index is 12.2. The maximum absolute atomic E-state index is 12.2. The number of hydrogen-bond acceptors (Lipinski definition) is 3. The van der Waals surface area contributed by atoms with Gasteiger partial charge < -0.3 is 14.2 Å². The summed E-state index contributed by atoms with van der Waals surface area (Å²) >= 11 is 0. The van der Waals surface area contributed by atoms with Crippen LogP contribution in [-0.2, 0) is 16.1 Å². The molecular formula is C15H23N3O2. The van der Waals surface area contributed by atoms with Gasteiger partial charge in [0.25, 0.3) is 0 Å². The molecule has 1 aromatic heterocycles. The molecule has 3 rings (SSSR count). The summed E-state index contributed by atoms with van der Waals surface area (Å²) in [5, 5.41) is 0.